The predicted octanol–water partition coefficient (Wildman–Crippen LogP) is 1.26. The molecule has 0 aliphatic carbocycles. The second-order valence-corrected chi connectivity index (χ2v) is 9.49. The fourth-order valence-electron chi connectivity index (χ4n) is 4.15. The summed E-state index contributed by atoms with van der Waals surface area (Å²) in [6, 6.07) is 9.47. The van der Waals surface area contributed by atoms with Crippen molar-refractivity contribution in [3.63, 3.8) is 0 Å². The molecule has 4 aromatic rings. The smallest absolute Gasteiger partial charge is 0.335 e. The Kier molecular flexibility index (Phi) is 6.57. The summed E-state index contributed by atoms with van der Waals surface area (Å²) in [7, 11) is 3.94. The maximum atomic E-state index is 13.3. The molecule has 0 atom stereocenters. The average Bonchev–Trinajstić information content (AvgIpc) is 3.46. The van der Waals surface area contributed by atoms with Gasteiger partial charge in [0.15, 0.2) is 0 Å². The van der Waals surface area contributed by atoms with Crippen LogP contribution in [0.3, 0.4) is 0 Å². The zero-order valence-electron chi connectivity index (χ0n) is 19.6. The molecule has 1 fully saturated rings. The van der Waals surface area contributed by atoms with E-state index in [0.717, 1.165) is 60.8 Å². The SMILES string of the molecule is CN(C)CCn1c(=O)n(-c2nnc(C(=O)Nc3cnccc3N3CCNCC3)s2)c2ccccc21. The molecule has 3 aromatic heterocycles. The molecule has 12 heteroatoms. The van der Waals surface area contributed by atoms with Crippen LogP contribution in [0.4, 0.5) is 11.4 Å². The van der Waals surface area contributed by atoms with Crippen LogP contribution in [-0.4, -0.2) is 81.9 Å². The third-order valence-electron chi connectivity index (χ3n) is 5.91. The second kappa shape index (κ2) is 9.94. The van der Waals surface area contributed by atoms with Gasteiger partial charge in [0.05, 0.1) is 28.6 Å². The zero-order chi connectivity index (χ0) is 24.4. The van der Waals surface area contributed by atoms with Crippen molar-refractivity contribution in [2.45, 2.75) is 6.54 Å². The minimum atomic E-state index is -0.387. The van der Waals surface area contributed by atoms with E-state index in [1.54, 1.807) is 17.0 Å². The van der Waals surface area contributed by atoms with Gasteiger partial charge in [-0.25, -0.2) is 9.36 Å². The van der Waals surface area contributed by atoms with Gasteiger partial charge in [0.1, 0.15) is 0 Å². The normalized spacial score (nSPS) is 14.1. The Morgan fingerprint density at radius 1 is 1.14 bits per heavy atom. The van der Waals surface area contributed by atoms with Crippen molar-refractivity contribution in [1.29, 1.82) is 0 Å². The van der Waals surface area contributed by atoms with Gasteiger partial charge in [-0.05, 0) is 32.3 Å². The van der Waals surface area contributed by atoms with Crippen molar-refractivity contribution in [2.24, 2.45) is 0 Å². The lowest BCUT2D eigenvalue weighted by molar-refractivity contribution is 0.102. The number of carbonyl (C=O) groups excluding carboxylic acids is 1. The van der Waals surface area contributed by atoms with Crippen LogP contribution in [-0.2, 0) is 6.54 Å². The molecule has 2 N–H and O–H groups in total. The Labute approximate surface area is 206 Å². The number of imidazole rings is 1. The van der Waals surface area contributed by atoms with E-state index in [1.165, 1.54) is 4.57 Å². The van der Waals surface area contributed by atoms with Gasteiger partial charge in [0, 0.05) is 45.5 Å². The molecule has 5 rings (SSSR count). The Morgan fingerprint density at radius 3 is 2.69 bits per heavy atom. The van der Waals surface area contributed by atoms with Crippen LogP contribution in [0, 0.1) is 0 Å². The van der Waals surface area contributed by atoms with Crippen molar-refractivity contribution >= 4 is 39.7 Å². The van der Waals surface area contributed by atoms with Gasteiger partial charge in [-0.2, -0.15) is 0 Å². The Bertz CT molecular complexity index is 1400. The van der Waals surface area contributed by atoms with Gasteiger partial charge in [0.25, 0.3) is 5.91 Å². The number of aromatic nitrogens is 5. The van der Waals surface area contributed by atoms with E-state index in [1.807, 2.05) is 49.3 Å². The lowest BCUT2D eigenvalue weighted by Crippen LogP contribution is -2.43. The number of carbonyl (C=O) groups is 1. The Morgan fingerprint density at radius 2 is 1.91 bits per heavy atom. The topological polar surface area (TPSA) is 113 Å². The summed E-state index contributed by atoms with van der Waals surface area (Å²) in [5.74, 6) is -0.387. The average molecular weight is 494 g/mol. The standard InChI is InChI=1S/C23H27N9O2S/c1-29(2)13-14-31-18-5-3-4-6-19(18)32(23(31)34)22-28-27-21(35-22)20(33)26-16-15-25-8-7-17(16)30-11-9-24-10-12-30/h3-8,15,24H,9-14H2,1-2H3,(H,26,33). The highest BCUT2D eigenvalue weighted by atomic mass is 32.1. The number of benzene rings is 1. The van der Waals surface area contributed by atoms with Crippen LogP contribution in [0.5, 0.6) is 0 Å². The van der Waals surface area contributed by atoms with Crippen LogP contribution in [0.1, 0.15) is 9.80 Å². The van der Waals surface area contributed by atoms with Crippen LogP contribution in [0.2, 0.25) is 0 Å². The first kappa shape index (κ1) is 23.1. The maximum absolute atomic E-state index is 13.3. The van der Waals surface area contributed by atoms with Crippen molar-refractivity contribution in [1.82, 2.24) is 34.5 Å². The number of nitrogens with zero attached hydrogens (tertiary/aromatic N) is 7. The van der Waals surface area contributed by atoms with Crippen LogP contribution >= 0.6 is 11.3 Å². The molecule has 0 bridgehead atoms. The number of hydrogen-bond acceptors (Lipinski definition) is 9. The molecule has 0 saturated carbocycles. The molecule has 1 amide bonds. The lowest BCUT2D eigenvalue weighted by Gasteiger charge is -2.30. The van der Waals surface area contributed by atoms with E-state index >= 15 is 0 Å². The molecule has 0 unspecified atom stereocenters. The summed E-state index contributed by atoms with van der Waals surface area (Å²) in [4.78, 5) is 34.8. The van der Waals surface area contributed by atoms with Gasteiger partial charge in [-0.1, -0.05) is 23.5 Å². The fourth-order valence-corrected chi connectivity index (χ4v) is 4.90. The molecule has 35 heavy (non-hydrogen) atoms. The van der Waals surface area contributed by atoms with E-state index in [9.17, 15) is 9.59 Å². The molecule has 0 spiro atoms. The number of pyridine rings is 1. The summed E-state index contributed by atoms with van der Waals surface area (Å²) < 4.78 is 3.25. The first-order valence-electron chi connectivity index (χ1n) is 11.4. The van der Waals surface area contributed by atoms with Crippen molar-refractivity contribution in [3.05, 3.63) is 58.2 Å². The number of hydrogen-bond donors (Lipinski definition) is 2. The first-order chi connectivity index (χ1) is 17.0. The predicted molar refractivity (Wildman–Crippen MR) is 137 cm³/mol. The van der Waals surface area contributed by atoms with Crippen molar-refractivity contribution in [2.75, 3.05) is 57.0 Å². The molecule has 1 saturated heterocycles. The van der Waals surface area contributed by atoms with Gasteiger partial charge < -0.3 is 20.4 Å². The Hall–Kier alpha value is -3.61. The monoisotopic (exact) mass is 493 g/mol. The lowest BCUT2D eigenvalue weighted by atomic mass is 10.2. The molecule has 1 aliphatic heterocycles. The van der Waals surface area contributed by atoms with Crippen molar-refractivity contribution in [3.8, 4) is 5.13 Å². The van der Waals surface area contributed by atoms with Crippen LogP contribution in [0.15, 0.2) is 47.5 Å². The number of rotatable bonds is 7. The summed E-state index contributed by atoms with van der Waals surface area (Å²) in [5.41, 5.74) is 2.88. The largest absolute Gasteiger partial charge is 0.367 e. The summed E-state index contributed by atoms with van der Waals surface area (Å²) >= 11 is 1.08. The molecule has 0 radical (unpaired) electrons. The summed E-state index contributed by atoms with van der Waals surface area (Å²) in [6.07, 6.45) is 3.36. The number of amides is 1. The highest BCUT2D eigenvalue weighted by molar-refractivity contribution is 7.15. The van der Waals surface area contributed by atoms with E-state index in [2.05, 4.69) is 30.7 Å². The quantitative estimate of drug-likeness (QED) is 0.396. The van der Waals surface area contributed by atoms with Crippen LogP contribution < -0.4 is 21.2 Å². The first-order valence-corrected chi connectivity index (χ1v) is 12.2. The van der Waals surface area contributed by atoms with E-state index in [4.69, 9.17) is 0 Å². The third kappa shape index (κ3) is 4.67. The maximum Gasteiger partial charge on any atom is 0.335 e. The van der Waals surface area contributed by atoms with Gasteiger partial charge in [0.2, 0.25) is 10.1 Å². The second-order valence-electron chi connectivity index (χ2n) is 8.54. The van der Waals surface area contributed by atoms with Gasteiger partial charge in [-0.15, -0.1) is 10.2 Å². The van der Waals surface area contributed by atoms with Gasteiger partial charge in [-0.3, -0.25) is 14.3 Å². The molecule has 1 aromatic carbocycles. The molecule has 4 heterocycles. The molecular weight excluding hydrogens is 466 g/mol. The zero-order valence-corrected chi connectivity index (χ0v) is 20.5. The Balaban J connectivity index is 1.43. The van der Waals surface area contributed by atoms with Crippen molar-refractivity contribution < 1.29 is 4.79 Å². The molecule has 182 valence electrons. The minimum Gasteiger partial charge on any atom is -0.367 e. The number of piperazine rings is 1. The number of para-hydroxylation sites is 2. The fraction of sp³-hybridized carbons (Fsp3) is 0.348. The number of likely N-dealkylation sites (N-methyl/N-ethyl adjacent to an activating group) is 1. The van der Waals surface area contributed by atoms with Gasteiger partial charge >= 0.3 is 5.69 Å². The summed E-state index contributed by atoms with van der Waals surface area (Å²) in [5, 5.41) is 15.1. The number of fused-ring (bicyclic) bond motifs is 1. The minimum absolute atomic E-state index is 0.173. The highest BCUT2D eigenvalue weighted by Gasteiger charge is 2.22. The highest BCUT2D eigenvalue weighted by Crippen LogP contribution is 2.26. The molecule has 11 nitrogen and oxygen atoms in total. The molecular formula is C23H27N9O2S. The third-order valence-corrected chi connectivity index (χ3v) is 6.82. The number of anilines is 2. The summed E-state index contributed by atoms with van der Waals surface area (Å²) in [6.45, 7) is 4.71. The number of nitrogens with one attached hydrogen (secondary N) is 2. The van der Waals surface area contributed by atoms with E-state index < -0.39 is 0 Å². The van der Waals surface area contributed by atoms with E-state index in [-0.39, 0.29) is 16.6 Å². The van der Waals surface area contributed by atoms with E-state index in [0.29, 0.717) is 17.4 Å². The van der Waals surface area contributed by atoms with Crippen LogP contribution in [0.25, 0.3) is 16.2 Å². The molecule has 1 aliphatic rings.